The van der Waals surface area contributed by atoms with Crippen molar-refractivity contribution in [3.63, 3.8) is 0 Å². The maximum absolute atomic E-state index is 12.4. The highest BCUT2D eigenvalue weighted by molar-refractivity contribution is 6.33. The number of nitrogens with one attached hydrogen (secondary N) is 1. The molecule has 2 heterocycles. The molecule has 0 aromatic heterocycles. The maximum Gasteiger partial charge on any atom is 0.242 e. The van der Waals surface area contributed by atoms with Gasteiger partial charge in [-0.1, -0.05) is 23.7 Å². The Morgan fingerprint density at radius 2 is 2.00 bits per heavy atom. The van der Waals surface area contributed by atoms with Crippen molar-refractivity contribution >= 4 is 23.2 Å². The molecular weight excluding hydrogens is 290 g/mol. The van der Waals surface area contributed by atoms with E-state index in [-0.39, 0.29) is 11.9 Å². The van der Waals surface area contributed by atoms with E-state index >= 15 is 0 Å². The predicted molar refractivity (Wildman–Crippen MR) is 82.9 cm³/mol. The van der Waals surface area contributed by atoms with Gasteiger partial charge in [0.25, 0.3) is 0 Å². The molecule has 0 radical (unpaired) electrons. The Bertz CT molecular complexity index is 497. The van der Waals surface area contributed by atoms with E-state index in [4.69, 9.17) is 16.3 Å². The molecule has 6 heteroatoms. The van der Waals surface area contributed by atoms with Crippen molar-refractivity contribution in [1.29, 1.82) is 0 Å². The molecule has 1 atom stereocenters. The number of carbonyl (C=O) groups excluding carboxylic acids is 1. The minimum atomic E-state index is -0.189. The van der Waals surface area contributed by atoms with Gasteiger partial charge in [-0.15, -0.1) is 0 Å². The highest BCUT2D eigenvalue weighted by Gasteiger charge is 2.29. The lowest BCUT2D eigenvalue weighted by atomic mass is 10.2. The molecule has 2 saturated heterocycles. The topological polar surface area (TPSA) is 44.8 Å². The molecule has 0 spiro atoms. The van der Waals surface area contributed by atoms with Crippen LogP contribution in [0.15, 0.2) is 24.3 Å². The summed E-state index contributed by atoms with van der Waals surface area (Å²) in [5.74, 6) is 0.147. The first kappa shape index (κ1) is 14.6. The molecule has 0 saturated carbocycles. The summed E-state index contributed by atoms with van der Waals surface area (Å²) in [7, 11) is 0. The first-order chi connectivity index (χ1) is 10.3. The molecule has 3 rings (SSSR count). The van der Waals surface area contributed by atoms with Crippen LogP contribution in [0.25, 0.3) is 0 Å². The second-order valence-electron chi connectivity index (χ2n) is 5.35. The Hall–Kier alpha value is -1.30. The zero-order valence-corrected chi connectivity index (χ0v) is 12.7. The smallest absolute Gasteiger partial charge is 0.242 e. The number of rotatable bonds is 2. The van der Waals surface area contributed by atoms with Crippen molar-refractivity contribution in [2.45, 2.75) is 6.04 Å². The van der Waals surface area contributed by atoms with Gasteiger partial charge in [-0.05, 0) is 12.1 Å². The molecule has 0 bridgehead atoms. The van der Waals surface area contributed by atoms with E-state index in [0.29, 0.717) is 13.2 Å². The van der Waals surface area contributed by atoms with Crippen molar-refractivity contribution in [1.82, 2.24) is 10.2 Å². The van der Waals surface area contributed by atoms with E-state index in [9.17, 15) is 4.79 Å². The molecule has 0 aliphatic carbocycles. The third kappa shape index (κ3) is 3.31. The second-order valence-corrected chi connectivity index (χ2v) is 5.75. The molecular formula is C15H20ClN3O2. The normalized spacial score (nSPS) is 23.2. The van der Waals surface area contributed by atoms with Crippen molar-refractivity contribution < 1.29 is 9.53 Å². The Morgan fingerprint density at radius 3 is 2.67 bits per heavy atom. The van der Waals surface area contributed by atoms with Crippen LogP contribution in [0.3, 0.4) is 0 Å². The average molecular weight is 310 g/mol. The van der Waals surface area contributed by atoms with Crippen LogP contribution in [0.1, 0.15) is 0 Å². The molecule has 5 nitrogen and oxygen atoms in total. The number of amides is 1. The van der Waals surface area contributed by atoms with Crippen molar-refractivity contribution in [2.24, 2.45) is 0 Å². The summed E-state index contributed by atoms with van der Waals surface area (Å²) in [6, 6.07) is 7.65. The minimum absolute atomic E-state index is 0.147. The van der Waals surface area contributed by atoms with Crippen LogP contribution >= 0.6 is 11.6 Å². The number of hydrogen-bond donors (Lipinski definition) is 1. The number of nitrogens with zero attached hydrogens (tertiary/aromatic N) is 2. The van der Waals surface area contributed by atoms with E-state index < -0.39 is 0 Å². The molecule has 1 aromatic carbocycles. The van der Waals surface area contributed by atoms with E-state index in [0.717, 1.165) is 43.4 Å². The van der Waals surface area contributed by atoms with Crippen molar-refractivity contribution in [2.75, 3.05) is 50.8 Å². The first-order valence-electron chi connectivity index (χ1n) is 7.35. The maximum atomic E-state index is 12.4. The largest absolute Gasteiger partial charge is 0.378 e. The molecule has 2 aliphatic rings. The van der Waals surface area contributed by atoms with Gasteiger partial charge in [0.1, 0.15) is 6.04 Å². The molecule has 2 aliphatic heterocycles. The van der Waals surface area contributed by atoms with Gasteiger partial charge in [0.15, 0.2) is 0 Å². The van der Waals surface area contributed by atoms with Gasteiger partial charge in [-0.3, -0.25) is 4.79 Å². The van der Waals surface area contributed by atoms with E-state index in [1.165, 1.54) is 0 Å². The second kappa shape index (κ2) is 6.64. The van der Waals surface area contributed by atoms with Crippen LogP contribution in [0.2, 0.25) is 5.02 Å². The summed E-state index contributed by atoms with van der Waals surface area (Å²) < 4.78 is 5.36. The summed E-state index contributed by atoms with van der Waals surface area (Å²) in [4.78, 5) is 16.6. The first-order valence-corrected chi connectivity index (χ1v) is 7.73. The van der Waals surface area contributed by atoms with Crippen LogP contribution in [0.4, 0.5) is 5.69 Å². The monoisotopic (exact) mass is 309 g/mol. The Labute approximate surface area is 129 Å². The lowest BCUT2D eigenvalue weighted by Gasteiger charge is -2.38. The minimum Gasteiger partial charge on any atom is -0.378 e. The number of halogens is 1. The van der Waals surface area contributed by atoms with Gasteiger partial charge in [0, 0.05) is 32.7 Å². The number of benzene rings is 1. The molecule has 1 aromatic rings. The number of ether oxygens (including phenoxy) is 1. The fourth-order valence-corrected chi connectivity index (χ4v) is 3.08. The van der Waals surface area contributed by atoms with Gasteiger partial charge in [-0.25, -0.2) is 0 Å². The third-order valence-corrected chi connectivity index (χ3v) is 4.32. The third-order valence-electron chi connectivity index (χ3n) is 4.00. The van der Waals surface area contributed by atoms with Crippen LogP contribution in [0.5, 0.6) is 0 Å². The summed E-state index contributed by atoms with van der Waals surface area (Å²) in [5.41, 5.74) is 1.05. The SMILES string of the molecule is O=C([C@@H]1COCCN1)N1CCN(c2ccccc2Cl)CC1. The van der Waals surface area contributed by atoms with Gasteiger partial charge in [0.05, 0.1) is 23.9 Å². The molecule has 21 heavy (non-hydrogen) atoms. The predicted octanol–water partition coefficient (Wildman–Crippen LogP) is 0.977. The zero-order chi connectivity index (χ0) is 14.7. The zero-order valence-electron chi connectivity index (χ0n) is 11.9. The lowest BCUT2D eigenvalue weighted by Crippen LogP contribution is -2.57. The van der Waals surface area contributed by atoms with Gasteiger partial charge in [-0.2, -0.15) is 0 Å². The lowest BCUT2D eigenvalue weighted by molar-refractivity contribution is -0.136. The summed E-state index contributed by atoms with van der Waals surface area (Å²) in [5, 5.41) is 3.98. The van der Waals surface area contributed by atoms with E-state index in [1.54, 1.807) is 0 Å². The van der Waals surface area contributed by atoms with Crippen LogP contribution < -0.4 is 10.2 Å². The number of morpholine rings is 1. The summed E-state index contributed by atoms with van der Waals surface area (Å²) in [6.07, 6.45) is 0. The number of para-hydroxylation sites is 1. The van der Waals surface area contributed by atoms with E-state index in [1.807, 2.05) is 29.2 Å². The Kier molecular flexibility index (Phi) is 4.63. The highest BCUT2D eigenvalue weighted by Crippen LogP contribution is 2.26. The number of carbonyl (C=O) groups is 1. The molecule has 2 fully saturated rings. The standard InChI is InChI=1S/C15H20ClN3O2/c16-12-3-1-2-4-14(12)18-6-8-19(9-7-18)15(20)13-11-21-10-5-17-13/h1-4,13,17H,5-11H2/t13-/m0/s1. The fraction of sp³-hybridized carbons (Fsp3) is 0.533. The number of hydrogen-bond acceptors (Lipinski definition) is 4. The Balaban J connectivity index is 1.57. The molecule has 1 amide bonds. The molecule has 114 valence electrons. The Morgan fingerprint density at radius 1 is 1.24 bits per heavy atom. The van der Waals surface area contributed by atoms with Gasteiger partial charge in [0.2, 0.25) is 5.91 Å². The summed E-state index contributed by atoms with van der Waals surface area (Å²) >= 11 is 6.23. The van der Waals surface area contributed by atoms with Crippen molar-refractivity contribution in [3.8, 4) is 0 Å². The molecule has 0 unspecified atom stereocenters. The van der Waals surface area contributed by atoms with Gasteiger partial charge < -0.3 is 19.9 Å². The summed E-state index contributed by atoms with van der Waals surface area (Å²) in [6.45, 7) is 4.97. The van der Waals surface area contributed by atoms with Crippen LogP contribution in [0, 0.1) is 0 Å². The van der Waals surface area contributed by atoms with Crippen molar-refractivity contribution in [3.05, 3.63) is 29.3 Å². The number of piperazine rings is 1. The van der Waals surface area contributed by atoms with E-state index in [2.05, 4.69) is 10.2 Å². The van der Waals surface area contributed by atoms with Crippen LogP contribution in [-0.2, 0) is 9.53 Å². The number of anilines is 1. The van der Waals surface area contributed by atoms with Crippen LogP contribution in [-0.4, -0.2) is 62.8 Å². The van der Waals surface area contributed by atoms with Gasteiger partial charge >= 0.3 is 0 Å². The highest BCUT2D eigenvalue weighted by atomic mass is 35.5. The molecule has 1 N–H and O–H groups in total. The average Bonchev–Trinajstić information content (AvgIpc) is 2.56. The quantitative estimate of drug-likeness (QED) is 0.884. The fourth-order valence-electron chi connectivity index (χ4n) is 2.82.